The summed E-state index contributed by atoms with van der Waals surface area (Å²) in [6, 6.07) is 7.56. The third-order valence-electron chi connectivity index (χ3n) is 8.25. The number of carbonyl (C=O) groups excluding carboxylic acids is 1. The van der Waals surface area contributed by atoms with E-state index in [-0.39, 0.29) is 23.5 Å². The standard InChI is InChI=1S/C33H41F3O4/c1-3-5-19-38-24-11-7-22(8-12-24)27-17-18-28(32(36)31(27)35)23-9-13-25(14-10-23)40-33(37)29-16-15-26(21-30(29)34)39-20-6-4-2/h4,15-18,21-25H,2-3,5-14,19-20H2,1H3. The van der Waals surface area contributed by atoms with Gasteiger partial charge in [-0.15, -0.1) is 6.58 Å². The first kappa shape index (κ1) is 30.2. The van der Waals surface area contributed by atoms with Crippen LogP contribution in [0.3, 0.4) is 0 Å². The van der Waals surface area contributed by atoms with E-state index in [1.807, 2.05) is 0 Å². The number of unbranched alkanes of at least 4 members (excludes halogenated alkanes) is 1. The van der Waals surface area contributed by atoms with E-state index in [1.54, 1.807) is 18.2 Å². The molecule has 4 rings (SSSR count). The number of rotatable bonds is 12. The third-order valence-corrected chi connectivity index (χ3v) is 8.25. The summed E-state index contributed by atoms with van der Waals surface area (Å²) in [4.78, 5) is 12.6. The van der Waals surface area contributed by atoms with Crippen molar-refractivity contribution in [2.24, 2.45) is 0 Å². The van der Waals surface area contributed by atoms with Gasteiger partial charge in [0.15, 0.2) is 11.6 Å². The van der Waals surface area contributed by atoms with Gasteiger partial charge >= 0.3 is 5.97 Å². The average molecular weight is 559 g/mol. The Bertz CT molecular complexity index is 1130. The molecule has 0 saturated heterocycles. The maximum Gasteiger partial charge on any atom is 0.341 e. The fourth-order valence-corrected chi connectivity index (χ4v) is 5.86. The first-order valence-corrected chi connectivity index (χ1v) is 14.7. The molecule has 0 spiro atoms. The van der Waals surface area contributed by atoms with Crippen LogP contribution in [-0.4, -0.2) is 31.4 Å². The fraction of sp³-hybridized carbons (Fsp3) is 0.545. The first-order chi connectivity index (χ1) is 19.4. The summed E-state index contributed by atoms with van der Waals surface area (Å²) >= 11 is 0. The van der Waals surface area contributed by atoms with Crippen molar-refractivity contribution < 1.29 is 32.2 Å². The number of hydrogen-bond donors (Lipinski definition) is 0. The highest BCUT2D eigenvalue weighted by atomic mass is 19.2. The molecule has 0 bridgehead atoms. The van der Waals surface area contributed by atoms with Gasteiger partial charge in [0.25, 0.3) is 0 Å². The smallest absolute Gasteiger partial charge is 0.341 e. The molecule has 0 amide bonds. The SMILES string of the molecule is C=CCCOc1ccc(C(=O)OC2CCC(c3ccc(C4CCC(OCCCC)CC4)c(F)c3F)CC2)c(F)c1. The number of carbonyl (C=O) groups is 1. The van der Waals surface area contributed by atoms with Crippen LogP contribution in [0.4, 0.5) is 13.2 Å². The van der Waals surface area contributed by atoms with Gasteiger partial charge in [-0.05, 0) is 99.3 Å². The fourth-order valence-electron chi connectivity index (χ4n) is 5.86. The van der Waals surface area contributed by atoms with Crippen LogP contribution in [0.1, 0.15) is 111 Å². The quantitative estimate of drug-likeness (QED) is 0.148. The second-order valence-electron chi connectivity index (χ2n) is 11.0. The molecule has 2 aliphatic rings. The van der Waals surface area contributed by atoms with Gasteiger partial charge in [-0.1, -0.05) is 31.6 Å². The molecule has 0 unspecified atom stereocenters. The Morgan fingerprint density at radius 2 is 1.48 bits per heavy atom. The van der Waals surface area contributed by atoms with Gasteiger partial charge < -0.3 is 14.2 Å². The van der Waals surface area contributed by atoms with Gasteiger partial charge in [0.1, 0.15) is 17.7 Å². The van der Waals surface area contributed by atoms with Gasteiger partial charge in [0.05, 0.1) is 18.3 Å². The minimum atomic E-state index is -0.753. The van der Waals surface area contributed by atoms with Gasteiger partial charge in [0.2, 0.25) is 0 Å². The minimum absolute atomic E-state index is 0.0119. The van der Waals surface area contributed by atoms with Crippen molar-refractivity contribution in [2.75, 3.05) is 13.2 Å². The molecular formula is C33H41F3O4. The maximum atomic E-state index is 15.2. The highest BCUT2D eigenvalue weighted by molar-refractivity contribution is 5.90. The third kappa shape index (κ3) is 7.68. The number of benzene rings is 2. The van der Waals surface area contributed by atoms with Crippen molar-refractivity contribution >= 4 is 5.97 Å². The van der Waals surface area contributed by atoms with Crippen LogP contribution in [-0.2, 0) is 9.47 Å². The van der Waals surface area contributed by atoms with Crippen LogP contribution in [0, 0.1) is 17.5 Å². The number of hydrogen-bond acceptors (Lipinski definition) is 4. The molecule has 40 heavy (non-hydrogen) atoms. The lowest BCUT2D eigenvalue weighted by Gasteiger charge is -2.31. The van der Waals surface area contributed by atoms with Gasteiger partial charge in [-0.2, -0.15) is 0 Å². The van der Waals surface area contributed by atoms with Gasteiger partial charge in [0, 0.05) is 12.7 Å². The molecule has 0 radical (unpaired) electrons. The zero-order chi connectivity index (χ0) is 28.5. The van der Waals surface area contributed by atoms with E-state index in [0.29, 0.717) is 55.6 Å². The number of halogens is 3. The summed E-state index contributed by atoms with van der Waals surface area (Å²) < 4.78 is 61.9. The topological polar surface area (TPSA) is 44.8 Å². The predicted octanol–water partition coefficient (Wildman–Crippen LogP) is 8.78. The van der Waals surface area contributed by atoms with Crippen molar-refractivity contribution in [3.8, 4) is 5.75 Å². The summed E-state index contributed by atoms with van der Waals surface area (Å²) in [6.45, 7) is 6.88. The van der Waals surface area contributed by atoms with E-state index in [9.17, 15) is 9.18 Å². The molecule has 2 aromatic rings. The highest BCUT2D eigenvalue weighted by Gasteiger charge is 2.31. The van der Waals surface area contributed by atoms with Gasteiger partial charge in [-0.3, -0.25) is 0 Å². The Balaban J connectivity index is 1.28. The van der Waals surface area contributed by atoms with Gasteiger partial charge in [-0.25, -0.2) is 18.0 Å². The summed E-state index contributed by atoms with van der Waals surface area (Å²) in [6.07, 6.45) is 9.78. The normalized spacial score (nSPS) is 23.0. The van der Waals surface area contributed by atoms with Crippen LogP contribution in [0.2, 0.25) is 0 Å². The van der Waals surface area contributed by atoms with E-state index in [1.165, 1.54) is 18.2 Å². The van der Waals surface area contributed by atoms with Crippen LogP contribution >= 0.6 is 0 Å². The molecule has 0 N–H and O–H groups in total. The van der Waals surface area contributed by atoms with Crippen molar-refractivity contribution in [1.29, 1.82) is 0 Å². The lowest BCUT2D eigenvalue weighted by molar-refractivity contribution is 0.0188. The second kappa shape index (κ2) is 14.7. The van der Waals surface area contributed by atoms with Crippen molar-refractivity contribution in [2.45, 2.75) is 102 Å². The Hall–Kier alpha value is -2.80. The van der Waals surface area contributed by atoms with E-state index in [0.717, 1.165) is 45.1 Å². The molecule has 0 aromatic heterocycles. The Morgan fingerprint density at radius 1 is 0.875 bits per heavy atom. The molecule has 0 atom stereocenters. The summed E-state index contributed by atoms with van der Waals surface area (Å²) in [7, 11) is 0. The van der Waals surface area contributed by atoms with Crippen LogP contribution in [0.25, 0.3) is 0 Å². The molecule has 0 aliphatic heterocycles. The predicted molar refractivity (Wildman–Crippen MR) is 149 cm³/mol. The molecular weight excluding hydrogens is 517 g/mol. The van der Waals surface area contributed by atoms with Crippen molar-refractivity contribution in [3.63, 3.8) is 0 Å². The molecule has 218 valence electrons. The highest BCUT2D eigenvalue weighted by Crippen LogP contribution is 2.40. The number of ether oxygens (including phenoxy) is 3. The zero-order valence-corrected chi connectivity index (χ0v) is 23.4. The molecule has 2 saturated carbocycles. The largest absolute Gasteiger partial charge is 0.493 e. The monoisotopic (exact) mass is 558 g/mol. The second-order valence-corrected chi connectivity index (χ2v) is 11.0. The summed E-state index contributed by atoms with van der Waals surface area (Å²) in [5.41, 5.74) is 0.708. The average Bonchev–Trinajstić information content (AvgIpc) is 2.96. The molecule has 2 aromatic carbocycles. The van der Waals surface area contributed by atoms with E-state index in [2.05, 4.69) is 13.5 Å². The van der Waals surface area contributed by atoms with Crippen molar-refractivity contribution in [3.05, 3.63) is 77.1 Å². The summed E-state index contributed by atoms with van der Waals surface area (Å²) in [5, 5.41) is 0. The van der Waals surface area contributed by atoms with E-state index in [4.69, 9.17) is 14.2 Å². The lowest BCUT2D eigenvalue weighted by atomic mass is 9.79. The molecule has 7 heteroatoms. The number of esters is 1. The Labute approximate surface area is 235 Å². The molecule has 2 aliphatic carbocycles. The van der Waals surface area contributed by atoms with E-state index >= 15 is 8.78 Å². The Morgan fingerprint density at radius 3 is 2.02 bits per heavy atom. The van der Waals surface area contributed by atoms with Crippen LogP contribution in [0.5, 0.6) is 5.75 Å². The molecule has 2 fully saturated rings. The molecule has 0 heterocycles. The van der Waals surface area contributed by atoms with Crippen molar-refractivity contribution in [1.82, 2.24) is 0 Å². The van der Waals surface area contributed by atoms with Crippen LogP contribution < -0.4 is 4.74 Å². The minimum Gasteiger partial charge on any atom is -0.493 e. The lowest BCUT2D eigenvalue weighted by Crippen LogP contribution is -2.25. The Kier molecular flexibility index (Phi) is 11.1. The molecule has 4 nitrogen and oxygen atoms in total. The summed E-state index contributed by atoms with van der Waals surface area (Å²) in [5.74, 6) is -2.72. The van der Waals surface area contributed by atoms with Crippen LogP contribution in [0.15, 0.2) is 43.0 Å². The first-order valence-electron chi connectivity index (χ1n) is 14.7. The zero-order valence-electron chi connectivity index (χ0n) is 23.4. The van der Waals surface area contributed by atoms with E-state index < -0.39 is 29.5 Å². The maximum absolute atomic E-state index is 15.2.